The number of halogens is 1. The summed E-state index contributed by atoms with van der Waals surface area (Å²) in [5.41, 5.74) is 1.66. The number of sulfonamides is 1. The van der Waals surface area contributed by atoms with E-state index in [2.05, 4.69) is 9.88 Å². The molecule has 3 aromatic rings. The number of benzene rings is 2. The van der Waals surface area contributed by atoms with E-state index in [9.17, 15) is 8.42 Å². The van der Waals surface area contributed by atoms with Crippen LogP contribution in [0.2, 0.25) is 5.02 Å². The van der Waals surface area contributed by atoms with Crippen LogP contribution in [0.1, 0.15) is 11.5 Å². The van der Waals surface area contributed by atoms with Crippen molar-refractivity contribution in [3.05, 3.63) is 58.9 Å². The van der Waals surface area contributed by atoms with Gasteiger partial charge in [0.15, 0.2) is 11.5 Å². The van der Waals surface area contributed by atoms with Gasteiger partial charge in [0.05, 0.1) is 24.8 Å². The van der Waals surface area contributed by atoms with Crippen LogP contribution < -0.4 is 9.47 Å². The van der Waals surface area contributed by atoms with Gasteiger partial charge in [0.1, 0.15) is 5.76 Å². The Hall–Kier alpha value is -2.59. The molecule has 8 nitrogen and oxygen atoms in total. The number of ether oxygens (including phenoxy) is 2. The summed E-state index contributed by atoms with van der Waals surface area (Å²) in [6.45, 7) is 4.41. The van der Waals surface area contributed by atoms with E-state index < -0.39 is 10.0 Å². The van der Waals surface area contributed by atoms with Crippen LogP contribution in [-0.4, -0.2) is 63.0 Å². The van der Waals surface area contributed by atoms with Crippen LogP contribution in [0.15, 0.2) is 51.8 Å². The highest BCUT2D eigenvalue weighted by molar-refractivity contribution is 7.89. The van der Waals surface area contributed by atoms with Crippen molar-refractivity contribution in [2.45, 2.75) is 18.4 Å². The minimum atomic E-state index is -3.64. The topological polar surface area (TPSA) is 85.1 Å². The summed E-state index contributed by atoms with van der Waals surface area (Å²) in [7, 11) is -0.639. The summed E-state index contributed by atoms with van der Waals surface area (Å²) < 4.78 is 44.1. The van der Waals surface area contributed by atoms with Crippen LogP contribution in [0.4, 0.5) is 0 Å². The quantitative estimate of drug-likeness (QED) is 0.496. The third kappa shape index (κ3) is 5.01. The second kappa shape index (κ2) is 9.72. The van der Waals surface area contributed by atoms with Crippen LogP contribution in [-0.2, 0) is 16.6 Å². The highest BCUT2D eigenvalue weighted by Crippen LogP contribution is 2.31. The van der Waals surface area contributed by atoms with Gasteiger partial charge in [-0.15, -0.1) is 0 Å². The van der Waals surface area contributed by atoms with Gasteiger partial charge in [0, 0.05) is 49.4 Å². The molecule has 1 aromatic heterocycles. The zero-order chi connectivity index (χ0) is 23.6. The summed E-state index contributed by atoms with van der Waals surface area (Å²) in [6.07, 6.45) is 0. The van der Waals surface area contributed by atoms with Crippen LogP contribution in [0, 0.1) is 6.92 Å². The molecule has 1 fully saturated rings. The van der Waals surface area contributed by atoms with E-state index in [-0.39, 0.29) is 4.90 Å². The maximum absolute atomic E-state index is 13.1. The van der Waals surface area contributed by atoms with Gasteiger partial charge in [-0.2, -0.15) is 4.31 Å². The van der Waals surface area contributed by atoms with Crippen LogP contribution in [0.5, 0.6) is 11.5 Å². The van der Waals surface area contributed by atoms with Crippen LogP contribution in [0.3, 0.4) is 0 Å². The minimum Gasteiger partial charge on any atom is -0.493 e. The molecule has 0 N–H and O–H groups in total. The van der Waals surface area contributed by atoms with E-state index >= 15 is 0 Å². The number of hydrogen-bond acceptors (Lipinski definition) is 7. The van der Waals surface area contributed by atoms with E-state index in [0.29, 0.717) is 55.1 Å². The third-order valence-corrected chi connectivity index (χ3v) is 7.79. The SMILES string of the molecule is COc1ccc(S(=O)(=O)N2CCN(Cc3nc(-c4cccc(Cl)c4)oc3C)CC2)cc1OC. The zero-order valence-corrected chi connectivity index (χ0v) is 20.3. The molecule has 33 heavy (non-hydrogen) atoms. The smallest absolute Gasteiger partial charge is 0.243 e. The number of hydrogen-bond donors (Lipinski definition) is 0. The molecular weight excluding hydrogens is 466 g/mol. The lowest BCUT2D eigenvalue weighted by atomic mass is 10.2. The molecule has 0 radical (unpaired) electrons. The molecule has 1 aliphatic rings. The predicted molar refractivity (Wildman–Crippen MR) is 125 cm³/mol. The largest absolute Gasteiger partial charge is 0.493 e. The maximum atomic E-state index is 13.1. The Labute approximate surface area is 198 Å². The number of oxazole rings is 1. The summed E-state index contributed by atoms with van der Waals surface area (Å²) in [5.74, 6) is 2.14. The second-order valence-corrected chi connectivity index (χ2v) is 10.1. The second-order valence-electron chi connectivity index (χ2n) is 7.73. The lowest BCUT2D eigenvalue weighted by Crippen LogP contribution is -2.48. The number of rotatable bonds is 7. The molecule has 10 heteroatoms. The monoisotopic (exact) mass is 491 g/mol. The average molecular weight is 492 g/mol. The van der Waals surface area contributed by atoms with Gasteiger partial charge in [-0.05, 0) is 37.3 Å². The fourth-order valence-electron chi connectivity index (χ4n) is 3.79. The molecule has 0 aliphatic carbocycles. The molecule has 0 bridgehead atoms. The van der Waals surface area contributed by atoms with E-state index in [4.69, 9.17) is 25.5 Å². The Balaban J connectivity index is 1.42. The van der Waals surface area contributed by atoms with Crippen molar-refractivity contribution in [3.63, 3.8) is 0 Å². The van der Waals surface area contributed by atoms with Crippen LogP contribution in [0.25, 0.3) is 11.5 Å². The molecule has 2 heterocycles. The zero-order valence-electron chi connectivity index (χ0n) is 18.7. The Bertz CT molecular complexity index is 1240. The average Bonchev–Trinajstić information content (AvgIpc) is 3.19. The molecular formula is C23H26ClN3O5S. The van der Waals surface area contributed by atoms with E-state index in [1.807, 2.05) is 25.1 Å². The van der Waals surface area contributed by atoms with Gasteiger partial charge in [-0.1, -0.05) is 17.7 Å². The number of methoxy groups -OCH3 is 2. The molecule has 176 valence electrons. The molecule has 0 atom stereocenters. The molecule has 0 unspecified atom stereocenters. The van der Waals surface area contributed by atoms with Gasteiger partial charge in [0.2, 0.25) is 15.9 Å². The molecule has 4 rings (SSSR count). The Morgan fingerprint density at radius 1 is 1.03 bits per heavy atom. The van der Waals surface area contributed by atoms with Gasteiger partial charge in [0.25, 0.3) is 0 Å². The summed E-state index contributed by atoms with van der Waals surface area (Å²) in [6, 6.07) is 12.0. The van der Waals surface area contributed by atoms with Gasteiger partial charge in [-0.3, -0.25) is 4.90 Å². The first-order valence-corrected chi connectivity index (χ1v) is 12.3. The molecule has 0 amide bonds. The highest BCUT2D eigenvalue weighted by Gasteiger charge is 2.30. The van der Waals surface area contributed by atoms with Gasteiger partial charge in [-0.25, -0.2) is 13.4 Å². The fourth-order valence-corrected chi connectivity index (χ4v) is 5.41. The van der Waals surface area contributed by atoms with Crippen molar-refractivity contribution in [1.29, 1.82) is 0 Å². The minimum absolute atomic E-state index is 0.187. The first-order valence-electron chi connectivity index (χ1n) is 10.5. The van der Waals surface area contributed by atoms with Crippen LogP contribution >= 0.6 is 11.6 Å². The summed E-state index contributed by atoms with van der Waals surface area (Å²) >= 11 is 6.08. The Morgan fingerprint density at radius 2 is 1.76 bits per heavy atom. The number of piperazine rings is 1. The fraction of sp³-hybridized carbons (Fsp3) is 0.348. The van der Waals surface area contributed by atoms with E-state index in [1.165, 1.54) is 24.6 Å². The molecule has 1 aliphatic heterocycles. The van der Waals surface area contributed by atoms with Crippen molar-refractivity contribution in [1.82, 2.24) is 14.2 Å². The summed E-state index contributed by atoms with van der Waals surface area (Å²) in [4.78, 5) is 7.00. The molecule has 1 saturated heterocycles. The number of aryl methyl sites for hydroxylation is 1. The first kappa shape index (κ1) is 23.6. The third-order valence-electron chi connectivity index (χ3n) is 5.66. The van der Waals surface area contributed by atoms with Gasteiger partial charge >= 0.3 is 0 Å². The number of aromatic nitrogens is 1. The lowest BCUT2D eigenvalue weighted by Gasteiger charge is -2.33. The van der Waals surface area contributed by atoms with E-state index in [0.717, 1.165) is 17.0 Å². The highest BCUT2D eigenvalue weighted by atomic mass is 35.5. The normalized spacial score (nSPS) is 15.5. The predicted octanol–water partition coefficient (Wildman–Crippen LogP) is 3.83. The van der Waals surface area contributed by atoms with E-state index in [1.54, 1.807) is 18.2 Å². The molecule has 2 aromatic carbocycles. The summed E-state index contributed by atoms with van der Waals surface area (Å²) in [5, 5.41) is 0.622. The van der Waals surface area contributed by atoms with Crippen molar-refractivity contribution in [3.8, 4) is 23.0 Å². The van der Waals surface area contributed by atoms with Crippen molar-refractivity contribution in [2.75, 3.05) is 40.4 Å². The van der Waals surface area contributed by atoms with Crippen molar-refractivity contribution >= 4 is 21.6 Å². The first-order chi connectivity index (χ1) is 15.8. The molecule has 0 spiro atoms. The van der Waals surface area contributed by atoms with Crippen molar-refractivity contribution in [2.24, 2.45) is 0 Å². The standard InChI is InChI=1S/C23H26ClN3O5S/c1-16-20(25-23(32-16)17-5-4-6-18(24)13-17)15-26-9-11-27(12-10-26)33(28,29)19-7-8-21(30-2)22(14-19)31-3/h4-8,13-14H,9-12,15H2,1-3H3. The Kier molecular flexibility index (Phi) is 6.94. The number of nitrogens with zero attached hydrogens (tertiary/aromatic N) is 3. The van der Waals surface area contributed by atoms with Crippen molar-refractivity contribution < 1.29 is 22.3 Å². The van der Waals surface area contributed by atoms with Gasteiger partial charge < -0.3 is 13.9 Å². The lowest BCUT2D eigenvalue weighted by molar-refractivity contribution is 0.179. The molecule has 0 saturated carbocycles. The maximum Gasteiger partial charge on any atom is 0.243 e. The Morgan fingerprint density at radius 3 is 2.42 bits per heavy atom.